The highest BCUT2D eigenvalue weighted by Crippen LogP contribution is 2.29. The lowest BCUT2D eigenvalue weighted by molar-refractivity contribution is -0.140. The molecule has 8 heteroatoms. The number of halogens is 3. The van der Waals surface area contributed by atoms with Gasteiger partial charge in [0, 0.05) is 11.6 Å². The Kier molecular flexibility index (Phi) is 7.78. The van der Waals surface area contributed by atoms with Crippen molar-refractivity contribution in [2.75, 3.05) is 18.4 Å². The van der Waals surface area contributed by atoms with Gasteiger partial charge in [0.25, 0.3) is 5.91 Å². The fourth-order valence-corrected chi connectivity index (χ4v) is 3.04. The zero-order valence-electron chi connectivity index (χ0n) is 14.8. The van der Waals surface area contributed by atoms with Crippen LogP contribution < -0.4 is 10.1 Å². The number of amides is 2. The van der Waals surface area contributed by atoms with Gasteiger partial charge in [0.2, 0.25) is 5.91 Å². The van der Waals surface area contributed by atoms with Gasteiger partial charge in [0.15, 0.2) is 6.10 Å². The Bertz CT molecular complexity index is 809. The van der Waals surface area contributed by atoms with Crippen LogP contribution in [0.2, 0.25) is 15.1 Å². The molecule has 2 amide bonds. The first-order valence-corrected chi connectivity index (χ1v) is 9.40. The molecule has 0 radical (unpaired) electrons. The summed E-state index contributed by atoms with van der Waals surface area (Å²) in [5, 5.41) is 3.79. The average Bonchev–Trinajstić information content (AvgIpc) is 2.62. The molecule has 0 aliphatic heterocycles. The van der Waals surface area contributed by atoms with Crippen molar-refractivity contribution in [2.24, 2.45) is 0 Å². The third kappa shape index (κ3) is 6.03. The first-order valence-electron chi connectivity index (χ1n) is 8.26. The van der Waals surface area contributed by atoms with Gasteiger partial charge < -0.3 is 15.0 Å². The maximum Gasteiger partial charge on any atom is 0.263 e. The zero-order valence-corrected chi connectivity index (χ0v) is 17.1. The average molecular weight is 430 g/mol. The maximum absolute atomic E-state index is 12.6. The number of hydrogen-bond donors (Lipinski definition) is 1. The second-order valence-electron chi connectivity index (χ2n) is 5.71. The Hall–Kier alpha value is -1.95. The van der Waals surface area contributed by atoms with Crippen LogP contribution in [0.25, 0.3) is 0 Å². The molecule has 0 aliphatic carbocycles. The molecule has 0 aliphatic rings. The summed E-state index contributed by atoms with van der Waals surface area (Å²) in [6, 6.07) is 11.7. The van der Waals surface area contributed by atoms with Crippen LogP contribution in [-0.4, -0.2) is 35.9 Å². The van der Waals surface area contributed by atoms with E-state index in [2.05, 4.69) is 5.32 Å². The Morgan fingerprint density at radius 3 is 2.33 bits per heavy atom. The Balaban J connectivity index is 2.00. The molecule has 2 aromatic rings. The van der Waals surface area contributed by atoms with Crippen molar-refractivity contribution in [2.45, 2.75) is 20.0 Å². The molecule has 0 saturated heterocycles. The van der Waals surface area contributed by atoms with E-state index in [1.165, 1.54) is 4.90 Å². The number of carbonyl (C=O) groups excluding carboxylic acids is 2. The van der Waals surface area contributed by atoms with Gasteiger partial charge in [-0.2, -0.15) is 0 Å². The molecule has 0 bridgehead atoms. The normalized spacial score (nSPS) is 11.6. The van der Waals surface area contributed by atoms with Crippen molar-refractivity contribution in [3.63, 3.8) is 0 Å². The number of hydrogen-bond acceptors (Lipinski definition) is 3. The van der Waals surface area contributed by atoms with Crippen LogP contribution in [0.5, 0.6) is 5.75 Å². The highest BCUT2D eigenvalue weighted by Gasteiger charge is 2.23. The van der Waals surface area contributed by atoms with Crippen LogP contribution in [0.1, 0.15) is 13.8 Å². The van der Waals surface area contributed by atoms with Gasteiger partial charge in [-0.3, -0.25) is 9.59 Å². The minimum Gasteiger partial charge on any atom is -0.481 e. The molecular weight excluding hydrogens is 411 g/mol. The monoisotopic (exact) mass is 428 g/mol. The first kappa shape index (κ1) is 21.4. The van der Waals surface area contributed by atoms with Gasteiger partial charge >= 0.3 is 0 Å². The topological polar surface area (TPSA) is 58.6 Å². The minimum absolute atomic E-state index is 0.153. The van der Waals surface area contributed by atoms with E-state index >= 15 is 0 Å². The molecule has 1 unspecified atom stereocenters. The van der Waals surface area contributed by atoms with Crippen LogP contribution in [0, 0.1) is 0 Å². The summed E-state index contributed by atoms with van der Waals surface area (Å²) in [6.45, 7) is 3.58. The second kappa shape index (κ2) is 9.83. The van der Waals surface area contributed by atoms with E-state index < -0.39 is 12.0 Å². The van der Waals surface area contributed by atoms with Crippen LogP contribution in [-0.2, 0) is 9.59 Å². The van der Waals surface area contributed by atoms with E-state index in [9.17, 15) is 9.59 Å². The fraction of sp³-hybridized carbons (Fsp3) is 0.263. The number of rotatable bonds is 7. The maximum atomic E-state index is 12.6. The van der Waals surface area contributed by atoms with Crippen LogP contribution in [0.3, 0.4) is 0 Å². The molecule has 0 saturated carbocycles. The third-order valence-electron chi connectivity index (χ3n) is 3.71. The highest BCUT2D eigenvalue weighted by atomic mass is 35.5. The number of nitrogens with zero attached hydrogens (tertiary/aromatic N) is 1. The highest BCUT2D eigenvalue weighted by molar-refractivity contribution is 6.39. The zero-order chi connectivity index (χ0) is 20.0. The summed E-state index contributed by atoms with van der Waals surface area (Å²) in [6.07, 6.45) is -0.778. The lowest BCUT2D eigenvalue weighted by atomic mass is 10.3. The van der Waals surface area contributed by atoms with Gasteiger partial charge in [-0.1, -0.05) is 46.9 Å². The van der Waals surface area contributed by atoms with Crippen molar-refractivity contribution >= 4 is 52.3 Å². The number of anilines is 1. The van der Waals surface area contributed by atoms with Gasteiger partial charge in [-0.05, 0) is 44.2 Å². The Morgan fingerprint density at radius 2 is 1.74 bits per heavy atom. The van der Waals surface area contributed by atoms with Crippen LogP contribution in [0.4, 0.5) is 5.69 Å². The minimum atomic E-state index is -0.778. The van der Waals surface area contributed by atoms with E-state index in [0.717, 1.165) is 0 Å². The second-order valence-corrected chi connectivity index (χ2v) is 6.97. The predicted octanol–water partition coefficient (Wildman–Crippen LogP) is 4.90. The Labute approximate surface area is 173 Å². The summed E-state index contributed by atoms with van der Waals surface area (Å²) in [7, 11) is 0. The van der Waals surface area contributed by atoms with Crippen LogP contribution >= 0.6 is 34.8 Å². The lowest BCUT2D eigenvalue weighted by Gasteiger charge is -2.24. The number of carbonyl (C=O) groups is 2. The van der Waals surface area contributed by atoms with Crippen molar-refractivity contribution in [3.05, 3.63) is 57.5 Å². The number of para-hydroxylation sites is 1. The van der Waals surface area contributed by atoms with E-state index in [0.29, 0.717) is 33.0 Å². The quantitative estimate of drug-likeness (QED) is 0.681. The number of likely N-dealkylation sites (N-methyl/N-ethyl adjacent to an activating group) is 1. The largest absolute Gasteiger partial charge is 0.481 e. The molecule has 5 nitrogen and oxygen atoms in total. The predicted molar refractivity (Wildman–Crippen MR) is 109 cm³/mol. The molecule has 0 spiro atoms. The SMILES string of the molecule is CCN(CC(=O)Nc1c(Cl)cccc1Cl)C(=O)C(C)Oc1cccc(Cl)c1. The summed E-state index contributed by atoms with van der Waals surface area (Å²) in [5.41, 5.74) is 0.317. The molecule has 0 heterocycles. The lowest BCUT2D eigenvalue weighted by Crippen LogP contribution is -2.44. The summed E-state index contributed by atoms with van der Waals surface area (Å²) >= 11 is 18.0. The van der Waals surface area contributed by atoms with Crippen molar-refractivity contribution in [1.82, 2.24) is 4.90 Å². The van der Waals surface area contributed by atoms with Gasteiger partial charge in [-0.15, -0.1) is 0 Å². The number of ether oxygens (including phenoxy) is 1. The molecule has 1 atom stereocenters. The molecule has 27 heavy (non-hydrogen) atoms. The molecule has 2 aromatic carbocycles. The number of benzene rings is 2. The van der Waals surface area contributed by atoms with Crippen molar-refractivity contribution in [1.29, 1.82) is 0 Å². The number of nitrogens with one attached hydrogen (secondary N) is 1. The van der Waals surface area contributed by atoms with E-state index in [-0.39, 0.29) is 12.5 Å². The van der Waals surface area contributed by atoms with Gasteiger partial charge in [0.05, 0.1) is 22.3 Å². The standard InChI is InChI=1S/C19H19Cl3N2O3/c1-3-24(11-17(25)23-18-15(21)8-5-9-16(18)22)19(26)12(2)27-14-7-4-6-13(20)10-14/h4-10,12H,3,11H2,1-2H3,(H,23,25). The summed E-state index contributed by atoms with van der Waals surface area (Å²) < 4.78 is 5.63. The van der Waals surface area contributed by atoms with Crippen molar-refractivity contribution in [3.8, 4) is 5.75 Å². The van der Waals surface area contributed by atoms with Crippen LogP contribution in [0.15, 0.2) is 42.5 Å². The summed E-state index contributed by atoms with van der Waals surface area (Å²) in [5.74, 6) is -0.250. The first-order chi connectivity index (χ1) is 12.8. The third-order valence-corrected chi connectivity index (χ3v) is 4.58. The molecule has 2 rings (SSSR count). The van der Waals surface area contributed by atoms with E-state index in [4.69, 9.17) is 39.5 Å². The fourth-order valence-electron chi connectivity index (χ4n) is 2.37. The van der Waals surface area contributed by atoms with Gasteiger partial charge in [-0.25, -0.2) is 0 Å². The smallest absolute Gasteiger partial charge is 0.263 e. The summed E-state index contributed by atoms with van der Waals surface area (Å²) in [4.78, 5) is 26.3. The Morgan fingerprint density at radius 1 is 1.11 bits per heavy atom. The van der Waals surface area contributed by atoms with Crippen molar-refractivity contribution < 1.29 is 14.3 Å². The molecule has 0 fully saturated rings. The molecule has 1 N–H and O–H groups in total. The van der Waals surface area contributed by atoms with Gasteiger partial charge in [0.1, 0.15) is 5.75 Å². The van der Waals surface area contributed by atoms with E-state index in [1.807, 2.05) is 0 Å². The molecular formula is C19H19Cl3N2O3. The molecule has 144 valence electrons. The van der Waals surface area contributed by atoms with E-state index in [1.54, 1.807) is 56.3 Å². The molecule has 0 aromatic heterocycles.